The SMILES string of the molecule is CC(C)c1nn(-c2cncc(OC(F)F)c2)c2ccc(C=O)cc12.CNC1(C)CS(=O)C1. The fraction of sp³-hybridized carbons (Fsp3) is 0.409. The van der Waals surface area contributed by atoms with Gasteiger partial charge in [-0.1, -0.05) is 13.8 Å². The van der Waals surface area contributed by atoms with Crippen LogP contribution in [-0.2, 0) is 10.8 Å². The Morgan fingerprint density at radius 1 is 1.25 bits per heavy atom. The van der Waals surface area contributed by atoms with Crippen molar-refractivity contribution in [2.75, 3.05) is 18.6 Å². The van der Waals surface area contributed by atoms with Gasteiger partial charge in [-0.05, 0) is 38.1 Å². The molecule has 1 aliphatic heterocycles. The normalized spacial score (nSPS) is 20.1. The Kier molecular flexibility index (Phi) is 7.35. The molecule has 1 N–H and O–H groups in total. The summed E-state index contributed by atoms with van der Waals surface area (Å²) in [6.07, 6.45) is 3.51. The van der Waals surface area contributed by atoms with Gasteiger partial charge < -0.3 is 10.1 Å². The zero-order chi connectivity index (χ0) is 23.5. The van der Waals surface area contributed by atoms with Crippen LogP contribution in [0, 0.1) is 0 Å². The van der Waals surface area contributed by atoms with Gasteiger partial charge in [0.15, 0.2) is 0 Å². The molecular formula is C22H26F2N4O3S. The maximum Gasteiger partial charge on any atom is 0.387 e. The number of aldehydes is 1. The highest BCUT2D eigenvalue weighted by molar-refractivity contribution is 7.86. The number of hydrogen-bond donors (Lipinski definition) is 1. The smallest absolute Gasteiger partial charge is 0.387 e. The molecule has 0 spiro atoms. The quantitative estimate of drug-likeness (QED) is 0.560. The Hall–Kier alpha value is -2.72. The van der Waals surface area contributed by atoms with Crippen molar-refractivity contribution < 1.29 is 22.5 Å². The van der Waals surface area contributed by atoms with Crippen LogP contribution in [-0.4, -0.2) is 56.0 Å². The number of nitrogens with zero attached hydrogens (tertiary/aromatic N) is 3. The lowest BCUT2D eigenvalue weighted by molar-refractivity contribution is -0.0500. The minimum Gasteiger partial charge on any atom is -0.433 e. The summed E-state index contributed by atoms with van der Waals surface area (Å²) in [5, 5.41) is 8.53. The van der Waals surface area contributed by atoms with Crippen molar-refractivity contribution in [2.45, 2.75) is 38.8 Å². The number of carbonyl (C=O) groups excluding carboxylic acids is 1. The van der Waals surface area contributed by atoms with Gasteiger partial charge in [-0.15, -0.1) is 0 Å². The van der Waals surface area contributed by atoms with Crippen LogP contribution < -0.4 is 10.1 Å². The molecular weight excluding hydrogens is 438 g/mol. The number of hydrogen-bond acceptors (Lipinski definition) is 6. The van der Waals surface area contributed by atoms with E-state index in [-0.39, 0.29) is 17.2 Å². The second-order valence-corrected chi connectivity index (χ2v) is 9.60. The van der Waals surface area contributed by atoms with E-state index in [1.165, 1.54) is 18.5 Å². The van der Waals surface area contributed by atoms with E-state index in [0.717, 1.165) is 34.4 Å². The summed E-state index contributed by atoms with van der Waals surface area (Å²) in [6.45, 7) is 3.16. The van der Waals surface area contributed by atoms with E-state index < -0.39 is 17.4 Å². The lowest BCUT2D eigenvalue weighted by Gasteiger charge is -2.36. The molecule has 0 radical (unpaired) electrons. The summed E-state index contributed by atoms with van der Waals surface area (Å²) in [7, 11) is 1.39. The molecule has 0 saturated carbocycles. The average molecular weight is 465 g/mol. The van der Waals surface area contributed by atoms with E-state index in [0.29, 0.717) is 11.3 Å². The highest BCUT2D eigenvalue weighted by atomic mass is 32.2. The number of benzene rings is 1. The summed E-state index contributed by atoms with van der Waals surface area (Å²) in [6, 6.07) is 6.68. The molecule has 1 saturated heterocycles. The van der Waals surface area contributed by atoms with Crippen molar-refractivity contribution in [3.8, 4) is 11.4 Å². The van der Waals surface area contributed by atoms with Gasteiger partial charge >= 0.3 is 6.61 Å². The third-order valence-electron chi connectivity index (χ3n) is 5.15. The largest absolute Gasteiger partial charge is 0.433 e. The van der Waals surface area contributed by atoms with Crippen molar-refractivity contribution >= 4 is 28.0 Å². The number of ether oxygens (including phenoxy) is 1. The first-order valence-corrected chi connectivity index (χ1v) is 11.6. The van der Waals surface area contributed by atoms with E-state index in [9.17, 15) is 17.8 Å². The van der Waals surface area contributed by atoms with Gasteiger partial charge in [-0.2, -0.15) is 13.9 Å². The minimum absolute atomic E-state index is 0.0400. The molecule has 32 heavy (non-hydrogen) atoms. The van der Waals surface area contributed by atoms with Crippen LogP contribution in [0.2, 0.25) is 0 Å². The topological polar surface area (TPSA) is 86.1 Å². The number of carbonyl (C=O) groups is 1. The number of aromatic nitrogens is 3. The number of halogens is 2. The molecule has 0 unspecified atom stereocenters. The second kappa shape index (κ2) is 9.83. The van der Waals surface area contributed by atoms with Crippen LogP contribution in [0.1, 0.15) is 42.7 Å². The maximum absolute atomic E-state index is 12.4. The third kappa shape index (κ3) is 5.36. The lowest BCUT2D eigenvalue weighted by atomic mass is 10.0. The van der Waals surface area contributed by atoms with Crippen LogP contribution in [0.25, 0.3) is 16.6 Å². The third-order valence-corrected chi connectivity index (χ3v) is 7.06. The fourth-order valence-corrected chi connectivity index (χ4v) is 4.98. The summed E-state index contributed by atoms with van der Waals surface area (Å²) in [5.41, 5.74) is 2.82. The molecule has 0 amide bonds. The van der Waals surface area contributed by atoms with Crippen LogP contribution in [0.15, 0.2) is 36.7 Å². The van der Waals surface area contributed by atoms with Crippen molar-refractivity contribution in [2.24, 2.45) is 0 Å². The van der Waals surface area contributed by atoms with Crippen molar-refractivity contribution in [1.82, 2.24) is 20.1 Å². The van der Waals surface area contributed by atoms with E-state index in [1.54, 1.807) is 22.9 Å². The first kappa shape index (κ1) is 23.9. The average Bonchev–Trinajstić information content (AvgIpc) is 3.12. The maximum atomic E-state index is 12.4. The van der Waals surface area contributed by atoms with Crippen molar-refractivity contribution in [1.29, 1.82) is 0 Å². The van der Waals surface area contributed by atoms with E-state index in [4.69, 9.17) is 0 Å². The zero-order valence-electron chi connectivity index (χ0n) is 18.3. The monoisotopic (exact) mass is 464 g/mol. The molecule has 4 rings (SSSR count). The van der Waals surface area contributed by atoms with Gasteiger partial charge in [0, 0.05) is 44.9 Å². The van der Waals surface area contributed by atoms with Gasteiger partial charge in [-0.25, -0.2) is 4.68 Å². The lowest BCUT2D eigenvalue weighted by Crippen LogP contribution is -2.58. The second-order valence-electron chi connectivity index (χ2n) is 8.14. The molecule has 1 fully saturated rings. The molecule has 2 aromatic heterocycles. The molecule has 3 aromatic rings. The first-order chi connectivity index (χ1) is 15.2. The van der Waals surface area contributed by atoms with E-state index in [2.05, 4.69) is 27.1 Å². The molecule has 0 atom stereocenters. The Morgan fingerprint density at radius 2 is 1.97 bits per heavy atom. The molecule has 1 aliphatic rings. The molecule has 0 bridgehead atoms. The summed E-state index contributed by atoms with van der Waals surface area (Å²) in [5.74, 6) is 1.73. The van der Waals surface area contributed by atoms with Gasteiger partial charge in [-0.3, -0.25) is 14.0 Å². The number of nitrogens with one attached hydrogen (secondary N) is 1. The number of alkyl halides is 2. The summed E-state index contributed by atoms with van der Waals surface area (Å²) < 4.78 is 41.3. The fourth-order valence-electron chi connectivity index (χ4n) is 3.36. The molecule has 3 heterocycles. The highest BCUT2D eigenvalue weighted by Gasteiger charge is 2.36. The van der Waals surface area contributed by atoms with Gasteiger partial charge in [0.25, 0.3) is 0 Å². The van der Waals surface area contributed by atoms with Crippen LogP contribution in [0.4, 0.5) is 8.78 Å². The van der Waals surface area contributed by atoms with E-state index >= 15 is 0 Å². The van der Waals surface area contributed by atoms with Crippen molar-refractivity contribution in [3.63, 3.8) is 0 Å². The molecule has 1 aromatic carbocycles. The van der Waals surface area contributed by atoms with Crippen molar-refractivity contribution in [3.05, 3.63) is 47.9 Å². The summed E-state index contributed by atoms with van der Waals surface area (Å²) in [4.78, 5) is 15.0. The molecule has 7 nitrogen and oxygen atoms in total. The predicted octanol–water partition coefficient (Wildman–Crippen LogP) is 3.68. The standard InChI is InChI=1S/C17H15F2N3O2.C5H11NOS/c1-10(2)16-14-5-11(9-23)3-4-15(14)22(21-16)12-6-13(8-20-7-12)24-17(18)19;1-5(6-2)3-8(7)4-5/h3-10,17H,1-2H3;6H,3-4H2,1-2H3. The number of rotatable bonds is 6. The molecule has 172 valence electrons. The highest BCUT2D eigenvalue weighted by Crippen LogP contribution is 2.28. The Labute approximate surface area is 187 Å². The Balaban J connectivity index is 0.000000305. The minimum atomic E-state index is -2.92. The molecule has 10 heteroatoms. The van der Waals surface area contributed by atoms with Crippen LogP contribution >= 0.6 is 0 Å². The van der Waals surface area contributed by atoms with Crippen LogP contribution in [0.3, 0.4) is 0 Å². The van der Waals surface area contributed by atoms with E-state index in [1.807, 2.05) is 20.9 Å². The summed E-state index contributed by atoms with van der Waals surface area (Å²) >= 11 is 0. The Bertz CT molecular complexity index is 1130. The van der Waals surface area contributed by atoms with Gasteiger partial charge in [0.05, 0.1) is 29.3 Å². The number of fused-ring (bicyclic) bond motifs is 1. The van der Waals surface area contributed by atoms with Crippen LogP contribution in [0.5, 0.6) is 5.75 Å². The first-order valence-electron chi connectivity index (χ1n) is 10.1. The van der Waals surface area contributed by atoms with Gasteiger partial charge in [0.2, 0.25) is 0 Å². The zero-order valence-corrected chi connectivity index (χ0v) is 19.2. The predicted molar refractivity (Wildman–Crippen MR) is 120 cm³/mol. The Morgan fingerprint density at radius 3 is 2.50 bits per heavy atom. The van der Waals surface area contributed by atoms with Gasteiger partial charge in [0.1, 0.15) is 12.0 Å². The molecule has 0 aliphatic carbocycles. The number of pyridine rings is 1.